The number of likely N-dealkylation sites (tertiary alicyclic amines) is 1. The fourth-order valence-corrected chi connectivity index (χ4v) is 4.76. The number of benzene rings is 2. The second-order valence-corrected chi connectivity index (χ2v) is 8.74. The van der Waals surface area contributed by atoms with Crippen LogP contribution in [-0.2, 0) is 11.2 Å². The van der Waals surface area contributed by atoms with E-state index in [9.17, 15) is 9.90 Å². The number of hydrogen-bond acceptors (Lipinski definition) is 4. The quantitative estimate of drug-likeness (QED) is 0.825. The Labute approximate surface area is 179 Å². The van der Waals surface area contributed by atoms with Crippen LogP contribution in [-0.4, -0.2) is 61.9 Å². The number of ether oxygens (including phenoxy) is 1. The molecule has 2 saturated heterocycles. The molecule has 1 amide bonds. The molecule has 0 unspecified atom stereocenters. The largest absolute Gasteiger partial charge is 0.396 e. The minimum absolute atomic E-state index is 0.0624. The molecule has 2 aromatic carbocycles. The third-order valence-electron chi connectivity index (χ3n) is 6.58. The summed E-state index contributed by atoms with van der Waals surface area (Å²) in [5, 5.41) is 10.3. The van der Waals surface area contributed by atoms with Crippen molar-refractivity contribution in [1.82, 2.24) is 4.90 Å². The Hall–Kier alpha value is -2.37. The fourth-order valence-electron chi connectivity index (χ4n) is 4.76. The molecule has 2 aliphatic rings. The van der Waals surface area contributed by atoms with Gasteiger partial charge in [0.2, 0.25) is 0 Å². The Kier molecular flexibility index (Phi) is 6.40. The molecule has 1 N–H and O–H groups in total. The SMILES string of the molecule is Cc1ccccc1C[C@]1(CO)CCCN(C(=O)c2cccc(N3CCOCC3)c2)C1. The predicted octanol–water partition coefficient (Wildman–Crippen LogP) is 3.29. The van der Waals surface area contributed by atoms with Gasteiger partial charge in [0.25, 0.3) is 5.91 Å². The van der Waals surface area contributed by atoms with Crippen LogP contribution in [0.5, 0.6) is 0 Å². The van der Waals surface area contributed by atoms with Crippen LogP contribution in [0.4, 0.5) is 5.69 Å². The van der Waals surface area contributed by atoms with Gasteiger partial charge >= 0.3 is 0 Å². The van der Waals surface area contributed by atoms with E-state index < -0.39 is 0 Å². The van der Waals surface area contributed by atoms with Gasteiger partial charge < -0.3 is 19.6 Å². The number of morpholine rings is 1. The number of anilines is 1. The van der Waals surface area contributed by atoms with E-state index in [0.717, 1.165) is 63.4 Å². The molecule has 2 aromatic rings. The lowest BCUT2D eigenvalue weighted by atomic mass is 9.75. The third kappa shape index (κ3) is 4.52. The predicted molar refractivity (Wildman–Crippen MR) is 119 cm³/mol. The second kappa shape index (κ2) is 9.19. The van der Waals surface area contributed by atoms with E-state index in [2.05, 4.69) is 36.1 Å². The van der Waals surface area contributed by atoms with Crippen LogP contribution in [0.25, 0.3) is 0 Å². The summed E-state index contributed by atoms with van der Waals surface area (Å²) in [4.78, 5) is 17.6. The molecule has 2 fully saturated rings. The molecule has 2 heterocycles. The standard InChI is InChI=1S/C25H32N2O3/c1-20-6-2-3-7-22(20)17-25(19-28)10-5-11-27(18-25)24(29)21-8-4-9-23(16-21)26-12-14-30-15-13-26/h2-4,6-9,16,28H,5,10-15,17-19H2,1H3/t25-/m1/s1. The molecule has 0 radical (unpaired) electrons. The number of aryl methyl sites for hydroxylation is 1. The van der Waals surface area contributed by atoms with Crippen LogP contribution < -0.4 is 4.90 Å². The first-order valence-electron chi connectivity index (χ1n) is 11.0. The number of carbonyl (C=O) groups excluding carboxylic acids is 1. The lowest BCUT2D eigenvalue weighted by Crippen LogP contribution is -2.49. The average molecular weight is 409 g/mol. The number of rotatable bonds is 5. The number of amides is 1. The second-order valence-electron chi connectivity index (χ2n) is 8.74. The van der Waals surface area contributed by atoms with Gasteiger partial charge in [-0.05, 0) is 55.5 Å². The topological polar surface area (TPSA) is 53.0 Å². The maximum atomic E-state index is 13.4. The van der Waals surface area contributed by atoms with E-state index in [1.807, 2.05) is 29.2 Å². The van der Waals surface area contributed by atoms with Gasteiger partial charge in [-0.15, -0.1) is 0 Å². The zero-order chi connectivity index (χ0) is 21.0. The zero-order valence-corrected chi connectivity index (χ0v) is 17.8. The normalized spacial score (nSPS) is 22.2. The summed E-state index contributed by atoms with van der Waals surface area (Å²) in [5.41, 5.74) is 4.03. The van der Waals surface area contributed by atoms with E-state index in [-0.39, 0.29) is 17.9 Å². The minimum Gasteiger partial charge on any atom is -0.396 e. The van der Waals surface area contributed by atoms with Crippen LogP contribution in [0.2, 0.25) is 0 Å². The Morgan fingerprint density at radius 3 is 2.67 bits per heavy atom. The van der Waals surface area contributed by atoms with Crippen LogP contribution >= 0.6 is 0 Å². The minimum atomic E-state index is -0.276. The lowest BCUT2D eigenvalue weighted by Gasteiger charge is -2.42. The van der Waals surface area contributed by atoms with Gasteiger partial charge in [0.05, 0.1) is 19.8 Å². The van der Waals surface area contributed by atoms with Gasteiger partial charge in [-0.1, -0.05) is 30.3 Å². The van der Waals surface area contributed by atoms with Gasteiger partial charge in [0.1, 0.15) is 0 Å². The smallest absolute Gasteiger partial charge is 0.253 e. The van der Waals surface area contributed by atoms with Crippen LogP contribution in [0, 0.1) is 12.3 Å². The maximum absolute atomic E-state index is 13.4. The van der Waals surface area contributed by atoms with E-state index in [1.54, 1.807) is 0 Å². The molecule has 1 atom stereocenters. The zero-order valence-electron chi connectivity index (χ0n) is 17.8. The van der Waals surface area contributed by atoms with Crippen molar-refractivity contribution in [3.8, 4) is 0 Å². The summed E-state index contributed by atoms with van der Waals surface area (Å²) in [7, 11) is 0. The summed E-state index contributed by atoms with van der Waals surface area (Å²) in [6.07, 6.45) is 2.66. The number of aliphatic hydroxyl groups is 1. The van der Waals surface area contributed by atoms with Crippen molar-refractivity contribution < 1.29 is 14.6 Å². The van der Waals surface area contributed by atoms with Gasteiger partial charge in [0, 0.05) is 42.8 Å². The maximum Gasteiger partial charge on any atom is 0.253 e. The monoisotopic (exact) mass is 408 g/mol. The van der Waals surface area contributed by atoms with Crippen molar-refractivity contribution in [2.24, 2.45) is 5.41 Å². The summed E-state index contributed by atoms with van der Waals surface area (Å²) in [5.74, 6) is 0.0624. The summed E-state index contributed by atoms with van der Waals surface area (Å²) < 4.78 is 5.45. The highest BCUT2D eigenvalue weighted by Gasteiger charge is 2.37. The Bertz CT molecular complexity index is 878. The molecule has 160 valence electrons. The molecule has 0 saturated carbocycles. The van der Waals surface area contributed by atoms with Gasteiger partial charge in [-0.25, -0.2) is 0 Å². The first-order valence-corrected chi connectivity index (χ1v) is 11.0. The summed E-state index contributed by atoms with van der Waals surface area (Å²) in [6.45, 7) is 6.71. The van der Waals surface area contributed by atoms with E-state index >= 15 is 0 Å². The molecule has 0 aliphatic carbocycles. The number of aliphatic hydroxyl groups excluding tert-OH is 1. The van der Waals surface area contributed by atoms with Crippen molar-refractivity contribution in [3.05, 3.63) is 65.2 Å². The highest BCUT2D eigenvalue weighted by Crippen LogP contribution is 2.35. The molecule has 5 nitrogen and oxygen atoms in total. The summed E-state index contributed by atoms with van der Waals surface area (Å²) >= 11 is 0. The Balaban J connectivity index is 1.51. The van der Waals surface area contributed by atoms with Crippen molar-refractivity contribution in [2.45, 2.75) is 26.2 Å². The van der Waals surface area contributed by atoms with E-state index in [1.165, 1.54) is 11.1 Å². The molecule has 0 spiro atoms. The van der Waals surface area contributed by atoms with E-state index in [4.69, 9.17) is 4.74 Å². The molecule has 5 heteroatoms. The highest BCUT2D eigenvalue weighted by molar-refractivity contribution is 5.95. The molecular formula is C25H32N2O3. The highest BCUT2D eigenvalue weighted by atomic mass is 16.5. The third-order valence-corrected chi connectivity index (χ3v) is 6.58. The molecule has 0 bridgehead atoms. The Morgan fingerprint density at radius 2 is 1.90 bits per heavy atom. The molecular weight excluding hydrogens is 376 g/mol. The number of carbonyl (C=O) groups is 1. The van der Waals surface area contributed by atoms with Crippen LogP contribution in [0.1, 0.15) is 34.3 Å². The molecule has 30 heavy (non-hydrogen) atoms. The lowest BCUT2D eigenvalue weighted by molar-refractivity contribution is 0.0271. The first-order chi connectivity index (χ1) is 14.6. The van der Waals surface area contributed by atoms with Gasteiger partial charge in [-0.3, -0.25) is 4.79 Å². The van der Waals surface area contributed by atoms with Gasteiger partial charge in [-0.2, -0.15) is 0 Å². The molecule has 0 aromatic heterocycles. The van der Waals surface area contributed by atoms with Crippen LogP contribution in [0.3, 0.4) is 0 Å². The van der Waals surface area contributed by atoms with Gasteiger partial charge in [0.15, 0.2) is 0 Å². The first kappa shape index (κ1) is 20.9. The number of hydrogen-bond donors (Lipinski definition) is 1. The van der Waals surface area contributed by atoms with Crippen LogP contribution in [0.15, 0.2) is 48.5 Å². The van der Waals surface area contributed by atoms with Crippen molar-refractivity contribution in [2.75, 3.05) is 50.9 Å². The number of piperidine rings is 1. The van der Waals surface area contributed by atoms with E-state index in [0.29, 0.717) is 6.54 Å². The molecule has 4 rings (SSSR count). The summed E-state index contributed by atoms with van der Waals surface area (Å²) in [6, 6.07) is 16.3. The number of nitrogens with zero attached hydrogens (tertiary/aromatic N) is 2. The van der Waals surface area contributed by atoms with Crippen molar-refractivity contribution in [1.29, 1.82) is 0 Å². The Morgan fingerprint density at radius 1 is 1.10 bits per heavy atom. The molecule has 2 aliphatic heterocycles. The average Bonchev–Trinajstić information content (AvgIpc) is 2.81. The van der Waals surface area contributed by atoms with Crippen molar-refractivity contribution in [3.63, 3.8) is 0 Å². The van der Waals surface area contributed by atoms with Crippen molar-refractivity contribution >= 4 is 11.6 Å². The fraction of sp³-hybridized carbons (Fsp3) is 0.480.